The van der Waals surface area contributed by atoms with Crippen LogP contribution in [0.2, 0.25) is 0 Å². The van der Waals surface area contributed by atoms with E-state index in [1.54, 1.807) is 0 Å². The van der Waals surface area contributed by atoms with E-state index in [1.165, 1.54) is 59.3 Å². The highest BCUT2D eigenvalue weighted by atomic mass is 14.9. The van der Waals surface area contributed by atoms with Crippen LogP contribution in [-0.4, -0.2) is 11.0 Å². The van der Waals surface area contributed by atoms with Crippen molar-refractivity contribution in [1.29, 1.82) is 0 Å². The third kappa shape index (κ3) is 2.35. The molecule has 0 radical (unpaired) electrons. The molecule has 0 atom stereocenters. The number of nitrogens with one attached hydrogen (secondary N) is 1. The van der Waals surface area contributed by atoms with E-state index in [1.807, 2.05) is 12.4 Å². The first kappa shape index (κ1) is 12.6. The summed E-state index contributed by atoms with van der Waals surface area (Å²) in [6.45, 7) is 0. The number of pyridine rings is 1. The molecule has 1 aliphatic rings. The quantitative estimate of drug-likeness (QED) is 0.656. The van der Waals surface area contributed by atoms with E-state index >= 15 is 0 Å². The van der Waals surface area contributed by atoms with E-state index in [9.17, 15) is 0 Å². The number of rotatable bonds is 2. The lowest BCUT2D eigenvalue weighted by atomic mass is 9.94. The van der Waals surface area contributed by atoms with Crippen LogP contribution in [0.1, 0.15) is 32.1 Å². The molecule has 0 bridgehead atoms. The van der Waals surface area contributed by atoms with E-state index in [0.29, 0.717) is 6.04 Å². The zero-order chi connectivity index (χ0) is 14.1. The van der Waals surface area contributed by atoms with Crippen LogP contribution in [0.3, 0.4) is 0 Å². The van der Waals surface area contributed by atoms with E-state index in [4.69, 9.17) is 0 Å². The molecule has 2 nitrogen and oxygen atoms in total. The number of fused-ring (bicyclic) bond motifs is 3. The standard InChI is InChI=1S/C19H20N2/c1-2-7-15(8-3-1)21-19-12-14-6-4-5-9-16(14)18-13-20-11-10-17(18)19/h4-6,9-13,15,21H,1-3,7-8H2. The molecule has 1 N–H and O–H groups in total. The summed E-state index contributed by atoms with van der Waals surface area (Å²) in [6.07, 6.45) is 10.6. The number of benzene rings is 2. The molecule has 4 rings (SSSR count). The van der Waals surface area contributed by atoms with Gasteiger partial charge in [-0.05, 0) is 35.7 Å². The van der Waals surface area contributed by atoms with Crippen LogP contribution in [0.5, 0.6) is 0 Å². The minimum atomic E-state index is 0.622. The molecule has 2 heteroatoms. The Morgan fingerprint density at radius 2 is 1.76 bits per heavy atom. The summed E-state index contributed by atoms with van der Waals surface area (Å²) in [7, 11) is 0. The fourth-order valence-electron chi connectivity index (χ4n) is 3.53. The molecule has 0 amide bonds. The van der Waals surface area contributed by atoms with Gasteiger partial charge in [0.25, 0.3) is 0 Å². The average Bonchev–Trinajstić information content (AvgIpc) is 2.56. The highest BCUT2D eigenvalue weighted by Crippen LogP contribution is 2.33. The lowest BCUT2D eigenvalue weighted by Gasteiger charge is -2.25. The van der Waals surface area contributed by atoms with Crippen molar-refractivity contribution in [1.82, 2.24) is 4.98 Å². The summed E-state index contributed by atoms with van der Waals surface area (Å²) >= 11 is 0. The van der Waals surface area contributed by atoms with Crippen LogP contribution >= 0.6 is 0 Å². The smallest absolute Gasteiger partial charge is 0.0429 e. The van der Waals surface area contributed by atoms with Crippen LogP contribution in [0.15, 0.2) is 48.8 Å². The highest BCUT2D eigenvalue weighted by molar-refractivity contribution is 6.12. The average molecular weight is 276 g/mol. The number of hydrogen-bond acceptors (Lipinski definition) is 2. The molecule has 1 saturated carbocycles. The van der Waals surface area contributed by atoms with Crippen LogP contribution in [0, 0.1) is 0 Å². The lowest BCUT2D eigenvalue weighted by molar-refractivity contribution is 0.463. The van der Waals surface area contributed by atoms with Gasteiger partial charge in [0.05, 0.1) is 0 Å². The van der Waals surface area contributed by atoms with Crippen LogP contribution in [0.25, 0.3) is 21.5 Å². The minimum Gasteiger partial charge on any atom is -0.382 e. The number of nitrogens with zero attached hydrogens (tertiary/aromatic N) is 1. The van der Waals surface area contributed by atoms with Crippen molar-refractivity contribution in [2.24, 2.45) is 0 Å². The Labute approximate surface area is 125 Å². The fourth-order valence-corrected chi connectivity index (χ4v) is 3.53. The Balaban J connectivity index is 1.85. The van der Waals surface area contributed by atoms with E-state index in [2.05, 4.69) is 46.7 Å². The van der Waals surface area contributed by atoms with Gasteiger partial charge in [0.1, 0.15) is 0 Å². The Hall–Kier alpha value is -2.09. The van der Waals surface area contributed by atoms with Gasteiger partial charge in [0, 0.05) is 34.9 Å². The molecule has 0 spiro atoms. The molecule has 3 aromatic rings. The molecule has 0 aliphatic heterocycles. The van der Waals surface area contributed by atoms with E-state index < -0.39 is 0 Å². The Kier molecular flexibility index (Phi) is 3.23. The lowest BCUT2D eigenvalue weighted by Crippen LogP contribution is -2.22. The monoisotopic (exact) mass is 276 g/mol. The van der Waals surface area contributed by atoms with Gasteiger partial charge in [-0.1, -0.05) is 43.5 Å². The van der Waals surface area contributed by atoms with Crippen LogP contribution in [0.4, 0.5) is 5.69 Å². The molecule has 21 heavy (non-hydrogen) atoms. The molecule has 1 aliphatic carbocycles. The summed E-state index contributed by atoms with van der Waals surface area (Å²) in [5.74, 6) is 0. The van der Waals surface area contributed by atoms with Crippen molar-refractivity contribution in [2.75, 3.05) is 5.32 Å². The summed E-state index contributed by atoms with van der Waals surface area (Å²) < 4.78 is 0. The first-order chi connectivity index (χ1) is 10.4. The molecule has 0 unspecified atom stereocenters. The van der Waals surface area contributed by atoms with Gasteiger partial charge >= 0.3 is 0 Å². The molecule has 1 aromatic heterocycles. The zero-order valence-electron chi connectivity index (χ0n) is 12.2. The van der Waals surface area contributed by atoms with Crippen molar-refractivity contribution in [3.8, 4) is 0 Å². The maximum atomic E-state index is 4.32. The first-order valence-electron chi connectivity index (χ1n) is 7.94. The Bertz CT molecular complexity index is 773. The predicted molar refractivity (Wildman–Crippen MR) is 89.7 cm³/mol. The molecule has 106 valence electrons. The number of aromatic nitrogens is 1. The first-order valence-corrected chi connectivity index (χ1v) is 7.94. The molecule has 1 fully saturated rings. The fraction of sp³-hybridized carbons (Fsp3) is 0.316. The third-order valence-corrected chi connectivity index (χ3v) is 4.63. The third-order valence-electron chi connectivity index (χ3n) is 4.63. The summed E-state index contributed by atoms with van der Waals surface area (Å²) in [5.41, 5.74) is 1.26. The summed E-state index contributed by atoms with van der Waals surface area (Å²) in [6, 6.07) is 13.6. The SMILES string of the molecule is c1ccc2c(c1)cc(NC1CCCCC1)c1ccncc12. The van der Waals surface area contributed by atoms with Crippen molar-refractivity contribution >= 4 is 27.2 Å². The molecule has 2 aromatic carbocycles. The second-order valence-corrected chi connectivity index (χ2v) is 6.05. The van der Waals surface area contributed by atoms with Gasteiger partial charge in [0.2, 0.25) is 0 Å². The summed E-state index contributed by atoms with van der Waals surface area (Å²) in [4.78, 5) is 4.32. The van der Waals surface area contributed by atoms with Gasteiger partial charge < -0.3 is 5.32 Å². The minimum absolute atomic E-state index is 0.622. The molecular formula is C19H20N2. The van der Waals surface area contributed by atoms with E-state index in [0.717, 1.165) is 0 Å². The maximum absolute atomic E-state index is 4.32. The van der Waals surface area contributed by atoms with Gasteiger partial charge in [-0.2, -0.15) is 0 Å². The molecule has 1 heterocycles. The Morgan fingerprint density at radius 3 is 2.67 bits per heavy atom. The van der Waals surface area contributed by atoms with Gasteiger partial charge in [-0.25, -0.2) is 0 Å². The number of anilines is 1. The van der Waals surface area contributed by atoms with Crippen molar-refractivity contribution in [2.45, 2.75) is 38.1 Å². The Morgan fingerprint density at radius 1 is 0.905 bits per heavy atom. The van der Waals surface area contributed by atoms with Gasteiger partial charge in [-0.15, -0.1) is 0 Å². The van der Waals surface area contributed by atoms with E-state index in [-0.39, 0.29) is 0 Å². The normalized spacial score (nSPS) is 16.4. The highest BCUT2D eigenvalue weighted by Gasteiger charge is 2.15. The molecule has 0 saturated heterocycles. The van der Waals surface area contributed by atoms with Crippen molar-refractivity contribution < 1.29 is 0 Å². The van der Waals surface area contributed by atoms with Crippen molar-refractivity contribution in [3.05, 3.63) is 48.8 Å². The van der Waals surface area contributed by atoms with Crippen molar-refractivity contribution in [3.63, 3.8) is 0 Å². The predicted octanol–water partition coefficient (Wildman–Crippen LogP) is 5.13. The second-order valence-electron chi connectivity index (χ2n) is 6.05. The van der Waals surface area contributed by atoms with Gasteiger partial charge in [0.15, 0.2) is 0 Å². The van der Waals surface area contributed by atoms with Crippen LogP contribution in [-0.2, 0) is 0 Å². The molecular weight excluding hydrogens is 256 g/mol. The largest absolute Gasteiger partial charge is 0.382 e. The van der Waals surface area contributed by atoms with Gasteiger partial charge in [-0.3, -0.25) is 4.98 Å². The second kappa shape index (κ2) is 5.36. The zero-order valence-corrected chi connectivity index (χ0v) is 12.2. The maximum Gasteiger partial charge on any atom is 0.0429 e. The van der Waals surface area contributed by atoms with Crippen LogP contribution < -0.4 is 5.32 Å². The number of hydrogen-bond donors (Lipinski definition) is 1. The topological polar surface area (TPSA) is 24.9 Å². The summed E-state index contributed by atoms with van der Waals surface area (Å²) in [5, 5.41) is 8.89.